The molecule has 1 aliphatic rings. The molecular weight excluding hydrogens is 183 g/mol. The molecule has 1 atom stereocenters. The second-order valence-corrected chi connectivity index (χ2v) is 3.77. The van der Waals surface area contributed by atoms with Gasteiger partial charge in [-0.3, -0.25) is 0 Å². The summed E-state index contributed by atoms with van der Waals surface area (Å²) >= 11 is 0. The molecular formula is C11H11FO2. The number of alkyl halides is 1. The molecule has 0 fully saturated rings. The Morgan fingerprint density at radius 2 is 2.29 bits per heavy atom. The average Bonchev–Trinajstić information content (AvgIpc) is 2.45. The van der Waals surface area contributed by atoms with E-state index in [0.717, 1.165) is 11.1 Å². The lowest BCUT2D eigenvalue weighted by Gasteiger charge is -2.14. The lowest BCUT2D eigenvalue weighted by atomic mass is 9.97. The van der Waals surface area contributed by atoms with Crippen LogP contribution in [0, 0.1) is 6.92 Å². The molecule has 1 unspecified atom stereocenters. The Kier molecular flexibility index (Phi) is 1.84. The zero-order valence-corrected chi connectivity index (χ0v) is 7.88. The first kappa shape index (κ1) is 9.19. The van der Waals surface area contributed by atoms with Crippen molar-refractivity contribution in [2.45, 2.75) is 25.4 Å². The molecule has 0 bridgehead atoms. The van der Waals surface area contributed by atoms with Crippen molar-refractivity contribution in [3.05, 3.63) is 34.9 Å². The quantitative estimate of drug-likeness (QED) is 0.744. The maximum absolute atomic E-state index is 14.0. The zero-order chi connectivity index (χ0) is 10.3. The molecule has 14 heavy (non-hydrogen) atoms. The number of carboxylic acid groups (broad SMARTS) is 1. The molecule has 2 rings (SSSR count). The van der Waals surface area contributed by atoms with Gasteiger partial charge < -0.3 is 5.11 Å². The van der Waals surface area contributed by atoms with Gasteiger partial charge in [0.2, 0.25) is 5.67 Å². The molecule has 0 saturated carbocycles. The Morgan fingerprint density at radius 1 is 1.57 bits per heavy atom. The minimum Gasteiger partial charge on any atom is -0.479 e. The number of fused-ring (bicyclic) bond motifs is 1. The summed E-state index contributed by atoms with van der Waals surface area (Å²) in [6, 6.07) is 5.20. The molecule has 1 aliphatic carbocycles. The number of hydrogen-bond donors (Lipinski definition) is 1. The van der Waals surface area contributed by atoms with Crippen LogP contribution in [0.25, 0.3) is 0 Å². The Morgan fingerprint density at radius 3 is 2.93 bits per heavy atom. The van der Waals surface area contributed by atoms with Crippen molar-refractivity contribution in [1.29, 1.82) is 0 Å². The third-order valence-electron chi connectivity index (χ3n) is 2.77. The van der Waals surface area contributed by atoms with Crippen molar-refractivity contribution in [2.24, 2.45) is 0 Å². The lowest BCUT2D eigenvalue weighted by Crippen LogP contribution is -2.27. The Balaban J connectivity index is 2.55. The van der Waals surface area contributed by atoms with Gasteiger partial charge in [-0.15, -0.1) is 0 Å². The predicted molar refractivity (Wildman–Crippen MR) is 49.9 cm³/mol. The van der Waals surface area contributed by atoms with Gasteiger partial charge >= 0.3 is 5.97 Å². The van der Waals surface area contributed by atoms with E-state index < -0.39 is 11.6 Å². The van der Waals surface area contributed by atoms with Gasteiger partial charge in [0.15, 0.2) is 0 Å². The first-order valence-electron chi connectivity index (χ1n) is 4.56. The minimum atomic E-state index is -2.16. The number of benzene rings is 1. The molecule has 0 heterocycles. The molecule has 2 nitrogen and oxygen atoms in total. The SMILES string of the molecule is Cc1ccc2c(c1)CCC2(F)C(=O)O. The summed E-state index contributed by atoms with van der Waals surface area (Å²) in [6.45, 7) is 1.92. The van der Waals surface area contributed by atoms with Gasteiger partial charge in [0.1, 0.15) is 0 Å². The maximum Gasteiger partial charge on any atom is 0.346 e. The van der Waals surface area contributed by atoms with Gasteiger partial charge in [-0.05, 0) is 18.9 Å². The van der Waals surface area contributed by atoms with Crippen LogP contribution in [0.5, 0.6) is 0 Å². The number of hydrogen-bond acceptors (Lipinski definition) is 1. The van der Waals surface area contributed by atoms with Crippen LogP contribution in [0.2, 0.25) is 0 Å². The standard InChI is InChI=1S/C11H11FO2/c1-7-2-3-9-8(6-7)4-5-11(9,12)10(13)14/h2-3,6H,4-5H2,1H3,(H,13,14). The van der Waals surface area contributed by atoms with Crippen LogP contribution in [-0.4, -0.2) is 11.1 Å². The van der Waals surface area contributed by atoms with Crippen molar-refractivity contribution < 1.29 is 14.3 Å². The first-order valence-corrected chi connectivity index (χ1v) is 4.56. The molecule has 0 spiro atoms. The van der Waals surface area contributed by atoms with E-state index in [2.05, 4.69) is 0 Å². The van der Waals surface area contributed by atoms with E-state index >= 15 is 0 Å². The number of aryl methyl sites for hydroxylation is 2. The highest BCUT2D eigenvalue weighted by Gasteiger charge is 2.45. The zero-order valence-electron chi connectivity index (χ0n) is 7.88. The van der Waals surface area contributed by atoms with Gasteiger partial charge in [0, 0.05) is 12.0 Å². The summed E-state index contributed by atoms with van der Waals surface area (Å²) in [7, 11) is 0. The number of carboxylic acids is 1. The largest absolute Gasteiger partial charge is 0.479 e. The maximum atomic E-state index is 14.0. The molecule has 1 aromatic rings. The summed E-state index contributed by atoms with van der Waals surface area (Å²) in [5.41, 5.74) is 0.0344. The lowest BCUT2D eigenvalue weighted by molar-refractivity contribution is -0.151. The van der Waals surface area contributed by atoms with Crippen molar-refractivity contribution in [1.82, 2.24) is 0 Å². The van der Waals surface area contributed by atoms with Crippen molar-refractivity contribution >= 4 is 5.97 Å². The van der Waals surface area contributed by atoms with Crippen LogP contribution in [0.4, 0.5) is 4.39 Å². The van der Waals surface area contributed by atoms with E-state index in [-0.39, 0.29) is 6.42 Å². The third kappa shape index (κ3) is 1.12. The molecule has 0 aromatic heterocycles. The number of halogens is 1. The van der Waals surface area contributed by atoms with E-state index in [1.165, 1.54) is 0 Å². The number of aliphatic carboxylic acids is 1. The predicted octanol–water partition coefficient (Wildman–Crippen LogP) is 2.19. The fraction of sp³-hybridized carbons (Fsp3) is 0.364. The van der Waals surface area contributed by atoms with Gasteiger partial charge in [0.05, 0.1) is 0 Å². The highest BCUT2D eigenvalue weighted by atomic mass is 19.1. The van der Waals surface area contributed by atoms with Gasteiger partial charge in [0.25, 0.3) is 0 Å². The minimum absolute atomic E-state index is 0.0567. The summed E-state index contributed by atoms with van der Waals surface area (Å²) in [6.07, 6.45) is 0.570. The van der Waals surface area contributed by atoms with Crippen molar-refractivity contribution in [2.75, 3.05) is 0 Å². The van der Waals surface area contributed by atoms with E-state index in [0.29, 0.717) is 12.0 Å². The van der Waals surface area contributed by atoms with Crippen molar-refractivity contribution in [3.63, 3.8) is 0 Å². The van der Waals surface area contributed by atoms with Gasteiger partial charge in [-0.2, -0.15) is 0 Å². The Bertz CT molecular complexity index is 400. The smallest absolute Gasteiger partial charge is 0.346 e. The van der Waals surface area contributed by atoms with E-state index in [1.54, 1.807) is 12.1 Å². The molecule has 0 amide bonds. The summed E-state index contributed by atoms with van der Waals surface area (Å²) in [4.78, 5) is 10.8. The molecule has 1 aromatic carbocycles. The topological polar surface area (TPSA) is 37.3 Å². The van der Waals surface area contributed by atoms with Crippen LogP contribution in [0.1, 0.15) is 23.1 Å². The summed E-state index contributed by atoms with van der Waals surface area (Å²) < 4.78 is 14.0. The summed E-state index contributed by atoms with van der Waals surface area (Å²) in [5.74, 6) is -1.37. The molecule has 1 N–H and O–H groups in total. The molecule has 3 heteroatoms. The molecule has 74 valence electrons. The third-order valence-corrected chi connectivity index (χ3v) is 2.77. The Labute approximate surface area is 81.4 Å². The fourth-order valence-corrected chi connectivity index (χ4v) is 1.98. The van der Waals surface area contributed by atoms with E-state index in [1.807, 2.05) is 13.0 Å². The first-order chi connectivity index (χ1) is 6.54. The van der Waals surface area contributed by atoms with Gasteiger partial charge in [-0.1, -0.05) is 23.8 Å². The normalized spacial score (nSPS) is 24.7. The second-order valence-electron chi connectivity index (χ2n) is 3.77. The van der Waals surface area contributed by atoms with Crippen molar-refractivity contribution in [3.8, 4) is 0 Å². The highest BCUT2D eigenvalue weighted by Crippen LogP contribution is 2.40. The monoisotopic (exact) mass is 194 g/mol. The molecule has 0 saturated heterocycles. The molecule has 0 radical (unpaired) electrons. The average molecular weight is 194 g/mol. The van der Waals surface area contributed by atoms with Crippen LogP contribution in [0.15, 0.2) is 18.2 Å². The number of rotatable bonds is 1. The van der Waals surface area contributed by atoms with Gasteiger partial charge in [-0.25, -0.2) is 9.18 Å². The van der Waals surface area contributed by atoms with Crippen LogP contribution in [0.3, 0.4) is 0 Å². The number of carbonyl (C=O) groups is 1. The van der Waals surface area contributed by atoms with E-state index in [9.17, 15) is 9.18 Å². The highest BCUT2D eigenvalue weighted by molar-refractivity contribution is 5.81. The molecule has 0 aliphatic heterocycles. The fourth-order valence-electron chi connectivity index (χ4n) is 1.98. The Hall–Kier alpha value is -1.38. The van der Waals surface area contributed by atoms with Crippen LogP contribution < -0.4 is 0 Å². The second kappa shape index (κ2) is 2.80. The van der Waals surface area contributed by atoms with Crippen LogP contribution >= 0.6 is 0 Å². The van der Waals surface area contributed by atoms with E-state index in [4.69, 9.17) is 5.11 Å². The van der Waals surface area contributed by atoms with Crippen LogP contribution in [-0.2, 0) is 16.9 Å². The summed E-state index contributed by atoms with van der Waals surface area (Å²) in [5, 5.41) is 8.81.